The van der Waals surface area contributed by atoms with Crippen LogP contribution in [0.3, 0.4) is 0 Å². The molecular formula is C17H27N5. The molecule has 2 aromatic rings. The quantitative estimate of drug-likeness (QED) is 0.866. The zero-order chi connectivity index (χ0) is 15.7. The smallest absolute Gasteiger partial charge is 0.157 e. The van der Waals surface area contributed by atoms with E-state index < -0.39 is 0 Å². The summed E-state index contributed by atoms with van der Waals surface area (Å²) in [7, 11) is 1.95. The largest absolute Gasteiger partial charge is 0.301 e. The molecular weight excluding hydrogens is 274 g/mol. The molecule has 0 bridgehead atoms. The van der Waals surface area contributed by atoms with Crippen molar-refractivity contribution < 1.29 is 0 Å². The van der Waals surface area contributed by atoms with Crippen LogP contribution < -0.4 is 0 Å². The van der Waals surface area contributed by atoms with Crippen molar-refractivity contribution in [3.05, 3.63) is 23.5 Å². The molecule has 3 heterocycles. The molecule has 1 aliphatic rings. The first-order valence-corrected chi connectivity index (χ1v) is 8.26. The molecule has 1 aliphatic heterocycles. The molecule has 0 unspecified atom stereocenters. The fourth-order valence-electron chi connectivity index (χ4n) is 3.34. The van der Waals surface area contributed by atoms with E-state index in [1.165, 1.54) is 30.6 Å². The van der Waals surface area contributed by atoms with Gasteiger partial charge in [-0.25, -0.2) is 4.98 Å². The van der Waals surface area contributed by atoms with Gasteiger partial charge in [0, 0.05) is 57.9 Å². The van der Waals surface area contributed by atoms with Crippen LogP contribution >= 0.6 is 0 Å². The summed E-state index contributed by atoms with van der Waals surface area (Å²) < 4.78 is 1.86. The van der Waals surface area contributed by atoms with Gasteiger partial charge in [0.2, 0.25) is 0 Å². The van der Waals surface area contributed by atoms with Crippen LogP contribution in [-0.2, 0) is 13.6 Å². The number of hydrogen-bond acceptors (Lipinski definition) is 4. The zero-order valence-corrected chi connectivity index (χ0v) is 14.2. The van der Waals surface area contributed by atoms with E-state index in [1.807, 2.05) is 17.9 Å². The summed E-state index contributed by atoms with van der Waals surface area (Å²) in [4.78, 5) is 9.70. The van der Waals surface area contributed by atoms with Gasteiger partial charge >= 0.3 is 0 Å². The lowest BCUT2D eigenvalue weighted by Gasteiger charge is -2.35. The van der Waals surface area contributed by atoms with Crippen molar-refractivity contribution in [2.75, 3.05) is 32.7 Å². The van der Waals surface area contributed by atoms with Crippen LogP contribution in [0.1, 0.15) is 25.1 Å². The third-order valence-electron chi connectivity index (χ3n) is 4.41. The molecule has 0 aliphatic carbocycles. The van der Waals surface area contributed by atoms with Crippen molar-refractivity contribution in [1.29, 1.82) is 0 Å². The Bertz CT molecular complexity index is 638. The Morgan fingerprint density at radius 1 is 1.14 bits per heavy atom. The van der Waals surface area contributed by atoms with Crippen molar-refractivity contribution in [3.8, 4) is 0 Å². The lowest BCUT2D eigenvalue weighted by molar-refractivity contribution is 0.117. The van der Waals surface area contributed by atoms with E-state index in [0.29, 0.717) is 0 Å². The normalized spacial score (nSPS) is 17.7. The van der Waals surface area contributed by atoms with E-state index in [4.69, 9.17) is 0 Å². The number of rotatable bonds is 4. The van der Waals surface area contributed by atoms with Gasteiger partial charge in [-0.15, -0.1) is 0 Å². The van der Waals surface area contributed by atoms with Crippen LogP contribution in [0.5, 0.6) is 0 Å². The van der Waals surface area contributed by atoms with Crippen molar-refractivity contribution >= 4 is 11.0 Å². The highest BCUT2D eigenvalue weighted by molar-refractivity contribution is 5.78. The highest BCUT2D eigenvalue weighted by Gasteiger charge is 2.18. The summed E-state index contributed by atoms with van der Waals surface area (Å²) in [5, 5.41) is 5.63. The van der Waals surface area contributed by atoms with Crippen LogP contribution in [0.15, 0.2) is 12.3 Å². The maximum Gasteiger partial charge on any atom is 0.157 e. The maximum absolute atomic E-state index is 4.58. The van der Waals surface area contributed by atoms with Gasteiger partial charge in [-0.1, -0.05) is 13.8 Å². The third kappa shape index (κ3) is 3.31. The molecule has 1 fully saturated rings. The van der Waals surface area contributed by atoms with E-state index in [1.54, 1.807) is 0 Å². The first kappa shape index (κ1) is 15.4. The molecule has 0 aromatic carbocycles. The van der Waals surface area contributed by atoms with Gasteiger partial charge in [-0.3, -0.25) is 9.58 Å². The van der Waals surface area contributed by atoms with Gasteiger partial charge in [0.15, 0.2) is 5.65 Å². The second-order valence-electron chi connectivity index (χ2n) is 6.89. The molecule has 5 heteroatoms. The van der Waals surface area contributed by atoms with Crippen molar-refractivity contribution in [1.82, 2.24) is 24.6 Å². The first-order chi connectivity index (χ1) is 10.5. The van der Waals surface area contributed by atoms with Gasteiger partial charge in [-0.05, 0) is 24.5 Å². The van der Waals surface area contributed by atoms with Gasteiger partial charge in [0.25, 0.3) is 0 Å². The highest BCUT2D eigenvalue weighted by Crippen LogP contribution is 2.18. The molecule has 3 rings (SSSR count). The Hall–Kier alpha value is -1.46. The number of nitrogens with zero attached hydrogens (tertiary/aromatic N) is 5. The number of hydrogen-bond donors (Lipinski definition) is 0. The Balaban J connectivity index is 1.63. The molecule has 120 valence electrons. The Labute approximate surface area is 132 Å². The molecule has 0 saturated carbocycles. The van der Waals surface area contributed by atoms with Crippen LogP contribution in [-0.4, -0.2) is 57.3 Å². The Kier molecular flexibility index (Phi) is 4.45. The predicted molar refractivity (Wildman–Crippen MR) is 89.8 cm³/mol. The topological polar surface area (TPSA) is 37.2 Å². The molecule has 0 radical (unpaired) electrons. The molecule has 0 atom stereocenters. The predicted octanol–water partition coefficient (Wildman–Crippen LogP) is 2.05. The summed E-state index contributed by atoms with van der Waals surface area (Å²) in [6.45, 7) is 13.5. The fraction of sp³-hybridized carbons (Fsp3) is 0.647. The molecule has 1 saturated heterocycles. The SMILES string of the molecule is Cc1nn(C)c2ncc(CN3CCN(CC(C)C)CC3)cc12. The summed E-state index contributed by atoms with van der Waals surface area (Å²) in [5.74, 6) is 0.756. The minimum Gasteiger partial charge on any atom is -0.301 e. The van der Waals surface area contributed by atoms with Crippen LogP contribution in [0.25, 0.3) is 11.0 Å². The average Bonchev–Trinajstić information content (AvgIpc) is 2.75. The highest BCUT2D eigenvalue weighted by atomic mass is 15.3. The van der Waals surface area contributed by atoms with Gasteiger partial charge < -0.3 is 4.90 Å². The van der Waals surface area contributed by atoms with E-state index in [9.17, 15) is 0 Å². The summed E-state index contributed by atoms with van der Waals surface area (Å²) in [5.41, 5.74) is 3.33. The first-order valence-electron chi connectivity index (χ1n) is 8.26. The van der Waals surface area contributed by atoms with E-state index >= 15 is 0 Å². The number of pyridine rings is 1. The van der Waals surface area contributed by atoms with Crippen LogP contribution in [0, 0.1) is 12.8 Å². The number of aryl methyl sites for hydroxylation is 2. The molecule has 0 spiro atoms. The lowest BCUT2D eigenvalue weighted by Crippen LogP contribution is -2.46. The molecule has 2 aromatic heterocycles. The number of fused-ring (bicyclic) bond motifs is 1. The van der Waals surface area contributed by atoms with Crippen LogP contribution in [0.4, 0.5) is 0 Å². The maximum atomic E-state index is 4.58. The fourth-order valence-corrected chi connectivity index (χ4v) is 3.34. The van der Waals surface area contributed by atoms with Crippen LogP contribution in [0.2, 0.25) is 0 Å². The number of piperazine rings is 1. The molecule has 0 N–H and O–H groups in total. The molecule has 22 heavy (non-hydrogen) atoms. The minimum absolute atomic E-state index is 0.756. The molecule has 5 nitrogen and oxygen atoms in total. The van der Waals surface area contributed by atoms with Crippen molar-refractivity contribution in [3.63, 3.8) is 0 Å². The minimum atomic E-state index is 0.756. The number of aromatic nitrogens is 3. The lowest BCUT2D eigenvalue weighted by atomic mass is 10.1. The van der Waals surface area contributed by atoms with E-state index in [0.717, 1.165) is 36.9 Å². The second-order valence-corrected chi connectivity index (χ2v) is 6.89. The molecule has 0 amide bonds. The third-order valence-corrected chi connectivity index (χ3v) is 4.41. The summed E-state index contributed by atoms with van der Waals surface area (Å²) in [6, 6.07) is 2.26. The van der Waals surface area contributed by atoms with Gasteiger partial charge in [-0.2, -0.15) is 5.10 Å². The monoisotopic (exact) mass is 301 g/mol. The van der Waals surface area contributed by atoms with Crippen molar-refractivity contribution in [2.45, 2.75) is 27.3 Å². The van der Waals surface area contributed by atoms with Gasteiger partial charge in [0.05, 0.1) is 5.69 Å². The summed E-state index contributed by atoms with van der Waals surface area (Å²) in [6.07, 6.45) is 2.00. The standard InChI is InChI=1S/C17H27N5/c1-13(2)11-21-5-7-22(8-6-21)12-15-9-16-14(3)19-20(4)17(16)18-10-15/h9-10,13H,5-8,11-12H2,1-4H3. The summed E-state index contributed by atoms with van der Waals surface area (Å²) >= 11 is 0. The Morgan fingerprint density at radius 3 is 2.50 bits per heavy atom. The van der Waals surface area contributed by atoms with E-state index in [-0.39, 0.29) is 0 Å². The average molecular weight is 301 g/mol. The Morgan fingerprint density at radius 2 is 1.82 bits per heavy atom. The zero-order valence-electron chi connectivity index (χ0n) is 14.2. The second kappa shape index (κ2) is 6.34. The van der Waals surface area contributed by atoms with Crippen molar-refractivity contribution in [2.24, 2.45) is 13.0 Å². The van der Waals surface area contributed by atoms with E-state index in [2.05, 4.69) is 46.7 Å². The van der Waals surface area contributed by atoms with Gasteiger partial charge in [0.1, 0.15) is 0 Å².